The second kappa shape index (κ2) is 4.69. The molecule has 1 saturated heterocycles. The molecule has 0 aliphatic carbocycles. The van der Waals surface area contributed by atoms with Crippen molar-refractivity contribution in [2.75, 3.05) is 26.2 Å². The topological polar surface area (TPSA) is 66.4 Å². The predicted octanol–water partition coefficient (Wildman–Crippen LogP) is -0.609. The maximum absolute atomic E-state index is 11.9. The molecule has 0 unspecified atom stereocenters. The number of carbonyl (C=O) groups excluding carboxylic acids is 2. The van der Waals surface area contributed by atoms with Gasteiger partial charge in [0, 0.05) is 32.4 Å². The first-order chi connectivity index (χ1) is 7.81. The van der Waals surface area contributed by atoms with Gasteiger partial charge in [0.2, 0.25) is 6.41 Å². The maximum atomic E-state index is 11.9. The largest absolute Gasteiger partial charge is 0.342 e. The Bertz CT molecular complexity index is 374. The van der Waals surface area contributed by atoms with E-state index in [2.05, 4.69) is 9.97 Å². The number of hydrogen-bond acceptors (Lipinski definition) is 4. The van der Waals surface area contributed by atoms with E-state index in [4.69, 9.17) is 0 Å². The molecule has 0 atom stereocenters. The standard InChI is InChI=1S/C10H12N4O2/c15-8-13-3-5-14(6-4-13)10(16)9-1-2-11-7-12-9/h1-2,7-8H,3-6H2. The van der Waals surface area contributed by atoms with Gasteiger partial charge < -0.3 is 9.80 Å². The lowest BCUT2D eigenvalue weighted by molar-refractivity contribution is -0.119. The molecule has 2 amide bonds. The highest BCUT2D eigenvalue weighted by molar-refractivity contribution is 5.92. The van der Waals surface area contributed by atoms with Gasteiger partial charge in [-0.1, -0.05) is 0 Å². The molecule has 2 rings (SSSR count). The molecule has 16 heavy (non-hydrogen) atoms. The molecule has 1 fully saturated rings. The number of carbonyl (C=O) groups is 2. The highest BCUT2D eigenvalue weighted by atomic mass is 16.2. The van der Waals surface area contributed by atoms with Crippen molar-refractivity contribution in [1.82, 2.24) is 19.8 Å². The molecule has 0 bridgehead atoms. The Hall–Kier alpha value is -1.98. The summed E-state index contributed by atoms with van der Waals surface area (Å²) in [5.74, 6) is -0.104. The molecule has 1 aromatic heterocycles. The van der Waals surface area contributed by atoms with Gasteiger partial charge in [-0.3, -0.25) is 9.59 Å². The number of aromatic nitrogens is 2. The van der Waals surface area contributed by atoms with E-state index < -0.39 is 0 Å². The van der Waals surface area contributed by atoms with Gasteiger partial charge in [-0.2, -0.15) is 0 Å². The number of amides is 2. The second-order valence-corrected chi connectivity index (χ2v) is 3.53. The van der Waals surface area contributed by atoms with Crippen LogP contribution in [0.5, 0.6) is 0 Å². The van der Waals surface area contributed by atoms with E-state index in [1.807, 2.05) is 0 Å². The average Bonchev–Trinajstić information content (AvgIpc) is 2.39. The Kier molecular flexibility index (Phi) is 3.09. The van der Waals surface area contributed by atoms with Crippen LogP contribution in [0, 0.1) is 0 Å². The van der Waals surface area contributed by atoms with Gasteiger partial charge in [-0.25, -0.2) is 9.97 Å². The molecular weight excluding hydrogens is 208 g/mol. The fourth-order valence-corrected chi connectivity index (χ4v) is 1.61. The summed E-state index contributed by atoms with van der Waals surface area (Å²) < 4.78 is 0. The third kappa shape index (κ3) is 2.16. The summed E-state index contributed by atoms with van der Waals surface area (Å²) in [6.07, 6.45) is 3.71. The first kappa shape index (κ1) is 10.5. The summed E-state index contributed by atoms with van der Waals surface area (Å²) in [6.45, 7) is 2.28. The van der Waals surface area contributed by atoms with Gasteiger partial charge in [-0.05, 0) is 6.07 Å². The lowest BCUT2D eigenvalue weighted by Gasteiger charge is -2.32. The van der Waals surface area contributed by atoms with Crippen LogP contribution in [0.3, 0.4) is 0 Å². The monoisotopic (exact) mass is 220 g/mol. The Morgan fingerprint density at radius 2 is 2.06 bits per heavy atom. The molecule has 0 aromatic carbocycles. The highest BCUT2D eigenvalue weighted by Crippen LogP contribution is 2.04. The predicted molar refractivity (Wildman–Crippen MR) is 55.6 cm³/mol. The van der Waals surface area contributed by atoms with E-state index in [1.54, 1.807) is 22.1 Å². The minimum atomic E-state index is -0.104. The second-order valence-electron chi connectivity index (χ2n) is 3.53. The Balaban J connectivity index is 1.99. The molecule has 0 spiro atoms. The molecule has 0 N–H and O–H groups in total. The Morgan fingerprint density at radius 1 is 1.31 bits per heavy atom. The van der Waals surface area contributed by atoms with Crippen molar-refractivity contribution in [3.05, 3.63) is 24.3 Å². The van der Waals surface area contributed by atoms with Gasteiger partial charge in [0.25, 0.3) is 5.91 Å². The van der Waals surface area contributed by atoms with Gasteiger partial charge in [0.1, 0.15) is 12.0 Å². The molecule has 6 nitrogen and oxygen atoms in total. The van der Waals surface area contributed by atoms with Gasteiger partial charge in [0.15, 0.2) is 0 Å². The zero-order chi connectivity index (χ0) is 11.4. The van der Waals surface area contributed by atoms with Crippen molar-refractivity contribution in [2.45, 2.75) is 0 Å². The minimum Gasteiger partial charge on any atom is -0.342 e. The zero-order valence-corrected chi connectivity index (χ0v) is 8.74. The Morgan fingerprint density at radius 3 is 2.62 bits per heavy atom. The highest BCUT2D eigenvalue weighted by Gasteiger charge is 2.21. The lowest BCUT2D eigenvalue weighted by Crippen LogP contribution is -2.48. The summed E-state index contributed by atoms with van der Waals surface area (Å²) in [7, 11) is 0. The molecular formula is C10H12N4O2. The maximum Gasteiger partial charge on any atom is 0.272 e. The zero-order valence-electron chi connectivity index (χ0n) is 8.74. The molecule has 0 saturated carbocycles. The van der Waals surface area contributed by atoms with Crippen LogP contribution in [-0.4, -0.2) is 58.3 Å². The van der Waals surface area contributed by atoms with E-state index in [0.717, 1.165) is 6.41 Å². The summed E-state index contributed by atoms with van der Waals surface area (Å²) in [6, 6.07) is 1.59. The normalized spacial score (nSPS) is 16.0. The molecule has 84 valence electrons. The summed E-state index contributed by atoms with van der Waals surface area (Å²) in [4.78, 5) is 33.5. The van der Waals surface area contributed by atoms with Crippen molar-refractivity contribution in [1.29, 1.82) is 0 Å². The molecule has 1 aliphatic rings. The van der Waals surface area contributed by atoms with Crippen molar-refractivity contribution in [3.63, 3.8) is 0 Å². The first-order valence-corrected chi connectivity index (χ1v) is 5.06. The molecule has 1 aromatic rings. The average molecular weight is 220 g/mol. The molecule has 2 heterocycles. The Labute approximate surface area is 92.9 Å². The molecule has 0 radical (unpaired) electrons. The van der Waals surface area contributed by atoms with Crippen LogP contribution in [-0.2, 0) is 4.79 Å². The lowest BCUT2D eigenvalue weighted by atomic mass is 10.3. The smallest absolute Gasteiger partial charge is 0.272 e. The number of hydrogen-bond donors (Lipinski definition) is 0. The first-order valence-electron chi connectivity index (χ1n) is 5.06. The van der Waals surface area contributed by atoms with Crippen LogP contribution in [0.2, 0.25) is 0 Å². The van der Waals surface area contributed by atoms with Gasteiger partial charge in [-0.15, -0.1) is 0 Å². The summed E-state index contributed by atoms with van der Waals surface area (Å²) >= 11 is 0. The van der Waals surface area contributed by atoms with Crippen LogP contribution >= 0.6 is 0 Å². The number of piperazine rings is 1. The van der Waals surface area contributed by atoms with Crippen LogP contribution in [0.15, 0.2) is 18.6 Å². The van der Waals surface area contributed by atoms with E-state index in [9.17, 15) is 9.59 Å². The van der Waals surface area contributed by atoms with E-state index in [-0.39, 0.29) is 5.91 Å². The molecule has 1 aliphatic heterocycles. The number of rotatable bonds is 2. The summed E-state index contributed by atoms with van der Waals surface area (Å²) in [5, 5.41) is 0. The van der Waals surface area contributed by atoms with Gasteiger partial charge in [0.05, 0.1) is 0 Å². The van der Waals surface area contributed by atoms with Gasteiger partial charge >= 0.3 is 0 Å². The van der Waals surface area contributed by atoms with Crippen molar-refractivity contribution in [3.8, 4) is 0 Å². The molecule has 6 heteroatoms. The SMILES string of the molecule is O=CN1CCN(C(=O)c2ccncn2)CC1. The quantitative estimate of drug-likeness (QED) is 0.624. The van der Waals surface area contributed by atoms with E-state index in [1.165, 1.54) is 6.33 Å². The van der Waals surface area contributed by atoms with Crippen molar-refractivity contribution in [2.24, 2.45) is 0 Å². The fraction of sp³-hybridized carbons (Fsp3) is 0.400. The third-order valence-corrected chi connectivity index (χ3v) is 2.55. The van der Waals surface area contributed by atoms with Crippen LogP contribution < -0.4 is 0 Å². The summed E-state index contributed by atoms with van der Waals surface area (Å²) in [5.41, 5.74) is 0.398. The fourth-order valence-electron chi connectivity index (χ4n) is 1.61. The van der Waals surface area contributed by atoms with Crippen molar-refractivity contribution < 1.29 is 9.59 Å². The van der Waals surface area contributed by atoms with Crippen LogP contribution in [0.4, 0.5) is 0 Å². The third-order valence-electron chi connectivity index (χ3n) is 2.55. The van der Waals surface area contributed by atoms with Crippen molar-refractivity contribution >= 4 is 12.3 Å². The minimum absolute atomic E-state index is 0.104. The van der Waals surface area contributed by atoms with Crippen LogP contribution in [0.25, 0.3) is 0 Å². The van der Waals surface area contributed by atoms with Crippen LogP contribution in [0.1, 0.15) is 10.5 Å². The van der Waals surface area contributed by atoms with E-state index in [0.29, 0.717) is 31.9 Å². The van der Waals surface area contributed by atoms with E-state index >= 15 is 0 Å². The number of nitrogens with zero attached hydrogens (tertiary/aromatic N) is 4.